The summed E-state index contributed by atoms with van der Waals surface area (Å²) in [5, 5.41) is 18.5. The van der Waals surface area contributed by atoms with Crippen LogP contribution in [0, 0.1) is 5.92 Å². The zero-order valence-corrected chi connectivity index (χ0v) is 10.7. The number of aromatic carboxylic acids is 1. The van der Waals surface area contributed by atoms with E-state index in [9.17, 15) is 14.7 Å². The summed E-state index contributed by atoms with van der Waals surface area (Å²) < 4.78 is 0. The van der Waals surface area contributed by atoms with Gasteiger partial charge in [-0.05, 0) is 24.5 Å². The fourth-order valence-electron chi connectivity index (χ4n) is 2.55. The Bertz CT molecular complexity index is 500. The van der Waals surface area contributed by atoms with Crippen molar-refractivity contribution < 1.29 is 19.8 Å². The molecular formula is C14H17NO4. The van der Waals surface area contributed by atoms with Crippen LogP contribution in [0.2, 0.25) is 0 Å². The number of hydrogen-bond acceptors (Lipinski definition) is 3. The molecule has 1 heterocycles. The monoisotopic (exact) mass is 263 g/mol. The van der Waals surface area contributed by atoms with Gasteiger partial charge < -0.3 is 15.1 Å². The summed E-state index contributed by atoms with van der Waals surface area (Å²) in [4.78, 5) is 25.2. The number of nitrogens with zero attached hydrogens (tertiary/aromatic N) is 1. The number of carbonyl (C=O) groups is 2. The molecule has 102 valence electrons. The van der Waals surface area contributed by atoms with E-state index in [-0.39, 0.29) is 35.6 Å². The van der Waals surface area contributed by atoms with Gasteiger partial charge >= 0.3 is 5.97 Å². The minimum atomic E-state index is -1.11. The highest BCUT2D eigenvalue weighted by molar-refractivity contribution is 6.04. The highest BCUT2D eigenvalue weighted by Gasteiger charge is 2.35. The average Bonchev–Trinajstić information content (AvgIpc) is 2.78. The van der Waals surface area contributed by atoms with Crippen molar-refractivity contribution in [1.82, 2.24) is 4.90 Å². The van der Waals surface area contributed by atoms with Crippen LogP contribution in [0.5, 0.6) is 0 Å². The number of aliphatic hydroxyl groups excluding tert-OH is 1. The minimum Gasteiger partial charge on any atom is -0.478 e. The van der Waals surface area contributed by atoms with Crippen molar-refractivity contribution in [2.24, 2.45) is 5.92 Å². The maximum absolute atomic E-state index is 12.4. The van der Waals surface area contributed by atoms with Crippen LogP contribution in [0.15, 0.2) is 24.3 Å². The molecule has 19 heavy (non-hydrogen) atoms. The Hall–Kier alpha value is -1.88. The molecule has 0 spiro atoms. The van der Waals surface area contributed by atoms with E-state index in [0.717, 1.165) is 6.42 Å². The molecule has 5 heteroatoms. The number of benzene rings is 1. The predicted octanol–water partition coefficient (Wildman–Crippen LogP) is 1.23. The normalized spacial score (nSPS) is 22.5. The van der Waals surface area contributed by atoms with E-state index in [1.807, 2.05) is 6.92 Å². The standard InChI is InChI=1S/C14H17NO4/c1-9-6-7-15(12(9)8-16)13(17)10-4-2-3-5-11(10)14(18)19/h2-5,9,12,16H,6-8H2,1H3,(H,18,19). The topological polar surface area (TPSA) is 77.8 Å². The Balaban J connectivity index is 2.32. The number of carboxylic acids is 1. The highest BCUT2D eigenvalue weighted by Crippen LogP contribution is 2.26. The van der Waals surface area contributed by atoms with Gasteiger partial charge in [-0.3, -0.25) is 4.79 Å². The van der Waals surface area contributed by atoms with Gasteiger partial charge in [-0.1, -0.05) is 19.1 Å². The fourth-order valence-corrected chi connectivity index (χ4v) is 2.55. The summed E-state index contributed by atoms with van der Waals surface area (Å²) in [6.07, 6.45) is 0.826. The van der Waals surface area contributed by atoms with Gasteiger partial charge in [0.15, 0.2) is 0 Å². The molecule has 1 aromatic rings. The SMILES string of the molecule is CC1CCN(C(=O)c2ccccc2C(=O)O)C1CO. The van der Waals surface area contributed by atoms with E-state index in [2.05, 4.69) is 0 Å². The lowest BCUT2D eigenvalue weighted by atomic mass is 10.0. The zero-order chi connectivity index (χ0) is 14.0. The van der Waals surface area contributed by atoms with Gasteiger partial charge in [0, 0.05) is 6.54 Å². The second-order valence-electron chi connectivity index (χ2n) is 4.87. The Labute approximate surface area is 111 Å². The van der Waals surface area contributed by atoms with Crippen LogP contribution in [-0.4, -0.2) is 46.2 Å². The van der Waals surface area contributed by atoms with Gasteiger partial charge in [0.05, 0.1) is 23.8 Å². The van der Waals surface area contributed by atoms with Crippen LogP contribution in [0.1, 0.15) is 34.1 Å². The third-order valence-electron chi connectivity index (χ3n) is 3.72. The van der Waals surface area contributed by atoms with Crippen molar-refractivity contribution in [3.05, 3.63) is 35.4 Å². The van der Waals surface area contributed by atoms with E-state index < -0.39 is 5.97 Å². The maximum Gasteiger partial charge on any atom is 0.336 e. The number of aliphatic hydroxyl groups is 1. The molecule has 1 aromatic carbocycles. The van der Waals surface area contributed by atoms with Crippen molar-refractivity contribution in [3.63, 3.8) is 0 Å². The van der Waals surface area contributed by atoms with Crippen LogP contribution in [0.25, 0.3) is 0 Å². The summed E-state index contributed by atoms with van der Waals surface area (Å²) in [6.45, 7) is 2.44. The number of carbonyl (C=O) groups excluding carboxylic acids is 1. The molecule has 1 amide bonds. The lowest BCUT2D eigenvalue weighted by Crippen LogP contribution is -2.40. The van der Waals surface area contributed by atoms with Gasteiger partial charge in [0.2, 0.25) is 0 Å². The molecule has 5 nitrogen and oxygen atoms in total. The van der Waals surface area contributed by atoms with E-state index in [4.69, 9.17) is 5.11 Å². The lowest BCUT2D eigenvalue weighted by Gasteiger charge is -2.25. The molecule has 0 aliphatic carbocycles. The first-order chi connectivity index (χ1) is 9.06. The van der Waals surface area contributed by atoms with Crippen LogP contribution in [-0.2, 0) is 0 Å². The third kappa shape index (κ3) is 2.46. The third-order valence-corrected chi connectivity index (χ3v) is 3.72. The fraction of sp³-hybridized carbons (Fsp3) is 0.429. The highest BCUT2D eigenvalue weighted by atomic mass is 16.4. The van der Waals surface area contributed by atoms with Crippen LogP contribution < -0.4 is 0 Å². The first-order valence-corrected chi connectivity index (χ1v) is 6.30. The second-order valence-corrected chi connectivity index (χ2v) is 4.87. The van der Waals surface area contributed by atoms with E-state index in [0.29, 0.717) is 6.54 Å². The zero-order valence-electron chi connectivity index (χ0n) is 10.7. The molecule has 2 atom stereocenters. The summed E-state index contributed by atoms with van der Waals surface area (Å²) in [5.74, 6) is -1.20. The summed E-state index contributed by atoms with van der Waals surface area (Å²) >= 11 is 0. The molecule has 2 N–H and O–H groups in total. The second kappa shape index (κ2) is 5.40. The lowest BCUT2D eigenvalue weighted by molar-refractivity contribution is 0.0625. The van der Waals surface area contributed by atoms with Gasteiger partial charge in [0.25, 0.3) is 5.91 Å². The first-order valence-electron chi connectivity index (χ1n) is 6.30. The van der Waals surface area contributed by atoms with Gasteiger partial charge in [-0.2, -0.15) is 0 Å². The molecule has 1 aliphatic rings. The summed E-state index contributed by atoms with van der Waals surface area (Å²) in [6, 6.07) is 5.95. The van der Waals surface area contributed by atoms with Gasteiger partial charge in [0.1, 0.15) is 0 Å². The molecule has 1 aliphatic heterocycles. The van der Waals surface area contributed by atoms with Gasteiger partial charge in [-0.15, -0.1) is 0 Å². The molecule has 2 rings (SSSR count). The summed E-state index contributed by atoms with van der Waals surface area (Å²) in [7, 11) is 0. The number of likely N-dealkylation sites (tertiary alicyclic amines) is 1. The Kier molecular flexibility index (Phi) is 3.85. The number of rotatable bonds is 3. The Morgan fingerprint density at radius 1 is 1.32 bits per heavy atom. The largest absolute Gasteiger partial charge is 0.478 e. The van der Waals surface area contributed by atoms with Crippen LogP contribution in [0.3, 0.4) is 0 Å². The molecule has 0 radical (unpaired) electrons. The minimum absolute atomic E-state index is 0.00347. The van der Waals surface area contributed by atoms with Crippen molar-refractivity contribution >= 4 is 11.9 Å². The van der Waals surface area contributed by atoms with E-state index in [1.54, 1.807) is 17.0 Å². The number of hydrogen-bond donors (Lipinski definition) is 2. The summed E-state index contributed by atoms with van der Waals surface area (Å²) in [5.41, 5.74) is 0.186. The van der Waals surface area contributed by atoms with Crippen molar-refractivity contribution in [3.8, 4) is 0 Å². The Morgan fingerprint density at radius 3 is 2.53 bits per heavy atom. The van der Waals surface area contributed by atoms with Crippen molar-refractivity contribution in [2.75, 3.05) is 13.2 Å². The number of carboxylic acid groups (broad SMARTS) is 1. The predicted molar refractivity (Wildman–Crippen MR) is 69.1 cm³/mol. The molecule has 1 fully saturated rings. The van der Waals surface area contributed by atoms with Crippen LogP contribution >= 0.6 is 0 Å². The maximum atomic E-state index is 12.4. The average molecular weight is 263 g/mol. The van der Waals surface area contributed by atoms with E-state index in [1.165, 1.54) is 12.1 Å². The smallest absolute Gasteiger partial charge is 0.336 e. The first kappa shape index (κ1) is 13.5. The van der Waals surface area contributed by atoms with Gasteiger partial charge in [-0.25, -0.2) is 4.79 Å². The molecule has 0 saturated carbocycles. The number of amides is 1. The Morgan fingerprint density at radius 2 is 1.95 bits per heavy atom. The molecule has 2 unspecified atom stereocenters. The molecule has 0 aromatic heterocycles. The van der Waals surface area contributed by atoms with E-state index >= 15 is 0 Å². The van der Waals surface area contributed by atoms with Crippen molar-refractivity contribution in [1.29, 1.82) is 0 Å². The molecular weight excluding hydrogens is 246 g/mol. The molecule has 1 saturated heterocycles. The van der Waals surface area contributed by atoms with Crippen LogP contribution in [0.4, 0.5) is 0 Å². The quantitative estimate of drug-likeness (QED) is 0.859. The van der Waals surface area contributed by atoms with Crippen molar-refractivity contribution in [2.45, 2.75) is 19.4 Å². The molecule has 0 bridgehead atoms.